The van der Waals surface area contributed by atoms with E-state index in [9.17, 15) is 15.0 Å². The number of amides is 1. The van der Waals surface area contributed by atoms with Crippen LogP contribution < -0.4 is 5.73 Å². The van der Waals surface area contributed by atoms with E-state index < -0.39 is 0 Å². The van der Waals surface area contributed by atoms with Gasteiger partial charge in [-0.3, -0.25) is 4.79 Å². The number of hydrogen-bond acceptors (Lipinski definition) is 3. The number of carbonyl (C=O) groups excluding carboxylic acids is 1. The second-order valence-corrected chi connectivity index (χ2v) is 7.86. The maximum Gasteiger partial charge on any atom is 0.217 e. The van der Waals surface area contributed by atoms with Crippen molar-refractivity contribution in [2.24, 2.45) is 23.5 Å². The molecule has 0 unspecified atom stereocenters. The summed E-state index contributed by atoms with van der Waals surface area (Å²) in [7, 11) is 0. The largest absolute Gasteiger partial charge is 0.392 e. The minimum absolute atomic E-state index is 0.158. The molecular weight excluding hydrogens is 314 g/mol. The van der Waals surface area contributed by atoms with Crippen LogP contribution in [-0.2, 0) is 4.79 Å². The monoisotopic (exact) mass is 349 g/mol. The third-order valence-electron chi connectivity index (χ3n) is 5.78. The molecule has 0 aromatic rings. The average molecular weight is 350 g/mol. The van der Waals surface area contributed by atoms with Gasteiger partial charge in [-0.2, -0.15) is 0 Å². The van der Waals surface area contributed by atoms with E-state index >= 15 is 0 Å². The molecule has 1 amide bonds. The van der Waals surface area contributed by atoms with Crippen LogP contribution in [0.25, 0.3) is 0 Å². The number of carbonyl (C=O) groups is 1. The van der Waals surface area contributed by atoms with Crippen LogP contribution in [0.2, 0.25) is 0 Å². The second-order valence-electron chi connectivity index (χ2n) is 7.86. The molecule has 4 heteroatoms. The van der Waals surface area contributed by atoms with Crippen LogP contribution in [0.15, 0.2) is 23.8 Å². The Hall–Kier alpha value is -1.13. The van der Waals surface area contributed by atoms with Gasteiger partial charge in [-0.1, -0.05) is 50.0 Å². The zero-order chi connectivity index (χ0) is 18.2. The number of primary amides is 1. The number of rotatable bonds is 11. The molecule has 0 saturated heterocycles. The van der Waals surface area contributed by atoms with Crippen molar-refractivity contribution in [3.8, 4) is 0 Å². The Bertz CT molecular complexity index is 486. The maximum absolute atomic E-state index is 10.8. The Kier molecular flexibility index (Phi) is 8.17. The van der Waals surface area contributed by atoms with E-state index in [0.29, 0.717) is 18.3 Å². The van der Waals surface area contributed by atoms with E-state index in [2.05, 4.69) is 19.1 Å². The molecule has 2 rings (SSSR count). The third kappa shape index (κ3) is 6.27. The number of hydrogen-bond donors (Lipinski definition) is 3. The topological polar surface area (TPSA) is 83.5 Å². The van der Waals surface area contributed by atoms with E-state index in [1.807, 2.05) is 6.08 Å². The first-order valence-electron chi connectivity index (χ1n) is 10.0. The summed E-state index contributed by atoms with van der Waals surface area (Å²) in [5.41, 5.74) is 6.65. The zero-order valence-corrected chi connectivity index (χ0v) is 15.6. The Balaban J connectivity index is 1.78. The highest BCUT2D eigenvalue weighted by Gasteiger charge is 2.43. The van der Waals surface area contributed by atoms with Gasteiger partial charge in [-0.05, 0) is 50.4 Å². The Morgan fingerprint density at radius 3 is 2.88 bits per heavy atom. The minimum atomic E-state index is -0.388. The smallest absolute Gasteiger partial charge is 0.217 e. The van der Waals surface area contributed by atoms with Gasteiger partial charge >= 0.3 is 0 Å². The highest BCUT2D eigenvalue weighted by molar-refractivity contribution is 5.73. The summed E-state index contributed by atoms with van der Waals surface area (Å²) in [5.74, 6) is 0.876. The highest BCUT2D eigenvalue weighted by atomic mass is 16.3. The van der Waals surface area contributed by atoms with E-state index in [4.69, 9.17) is 5.73 Å². The number of fused-ring (bicyclic) bond motifs is 1. The first kappa shape index (κ1) is 20.2. The summed E-state index contributed by atoms with van der Waals surface area (Å²) in [5, 5.41) is 20.5. The predicted octanol–water partition coefficient (Wildman–Crippen LogP) is 3.47. The van der Waals surface area contributed by atoms with Crippen molar-refractivity contribution < 1.29 is 15.0 Å². The first-order chi connectivity index (χ1) is 12.0. The SMILES string of the molecule is CCCCC[C@H](O)C=C[C@@H]1[C@H]2CC(CCCCC(N)=O)=C[C@H]2C[C@H]1O. The van der Waals surface area contributed by atoms with Crippen molar-refractivity contribution in [2.75, 3.05) is 0 Å². The normalized spacial score (nSPS) is 29.8. The fourth-order valence-electron chi connectivity index (χ4n) is 4.40. The van der Waals surface area contributed by atoms with Crippen LogP contribution in [0, 0.1) is 17.8 Å². The van der Waals surface area contributed by atoms with Gasteiger partial charge in [0.05, 0.1) is 12.2 Å². The van der Waals surface area contributed by atoms with Gasteiger partial charge in [0.2, 0.25) is 5.91 Å². The lowest BCUT2D eigenvalue weighted by Crippen LogP contribution is -2.18. The Labute approximate surface area is 152 Å². The molecule has 0 radical (unpaired) electrons. The average Bonchev–Trinajstić information content (AvgIpc) is 3.06. The molecule has 2 aliphatic carbocycles. The van der Waals surface area contributed by atoms with Gasteiger partial charge in [0.15, 0.2) is 0 Å². The van der Waals surface area contributed by atoms with Crippen LogP contribution in [0.1, 0.15) is 71.1 Å². The van der Waals surface area contributed by atoms with Crippen LogP contribution in [0.4, 0.5) is 0 Å². The van der Waals surface area contributed by atoms with Crippen molar-refractivity contribution in [3.63, 3.8) is 0 Å². The summed E-state index contributed by atoms with van der Waals surface area (Å²) < 4.78 is 0. The van der Waals surface area contributed by atoms with E-state index in [0.717, 1.165) is 57.8 Å². The van der Waals surface area contributed by atoms with Gasteiger partial charge in [-0.15, -0.1) is 0 Å². The van der Waals surface area contributed by atoms with Gasteiger partial charge < -0.3 is 15.9 Å². The molecule has 0 heterocycles. The standard InChI is InChI=1S/C21H35NO3/c1-2-3-4-8-17(23)10-11-18-19-13-15(7-5-6-9-21(22)25)12-16(19)14-20(18)24/h10-12,16-20,23-24H,2-9,13-14H2,1H3,(H2,22,25)/t16-,17-,18+,19-,20+/m0/s1. The molecule has 0 aliphatic heterocycles. The lowest BCUT2D eigenvalue weighted by molar-refractivity contribution is -0.118. The number of nitrogens with two attached hydrogens (primary N) is 1. The van der Waals surface area contributed by atoms with Crippen molar-refractivity contribution in [3.05, 3.63) is 23.8 Å². The Morgan fingerprint density at radius 1 is 1.36 bits per heavy atom. The minimum Gasteiger partial charge on any atom is -0.392 e. The number of allylic oxidation sites excluding steroid dienone is 2. The number of unbranched alkanes of at least 4 members (excludes halogenated alkanes) is 3. The lowest BCUT2D eigenvalue weighted by Gasteiger charge is -2.19. The molecule has 0 bridgehead atoms. The summed E-state index contributed by atoms with van der Waals surface area (Å²) in [6.45, 7) is 2.16. The van der Waals surface area contributed by atoms with Crippen molar-refractivity contribution in [1.82, 2.24) is 0 Å². The molecule has 0 spiro atoms. The third-order valence-corrected chi connectivity index (χ3v) is 5.78. The van der Waals surface area contributed by atoms with Crippen LogP contribution in [0.5, 0.6) is 0 Å². The molecule has 5 atom stereocenters. The quantitative estimate of drug-likeness (QED) is 0.394. The molecule has 4 N–H and O–H groups in total. The zero-order valence-electron chi connectivity index (χ0n) is 15.6. The maximum atomic E-state index is 10.8. The van der Waals surface area contributed by atoms with Gasteiger partial charge in [0.1, 0.15) is 0 Å². The molecule has 0 aromatic carbocycles. The predicted molar refractivity (Wildman–Crippen MR) is 101 cm³/mol. The van der Waals surface area contributed by atoms with E-state index in [-0.39, 0.29) is 24.0 Å². The van der Waals surface area contributed by atoms with Gasteiger partial charge in [0.25, 0.3) is 0 Å². The highest BCUT2D eigenvalue weighted by Crippen LogP contribution is 2.48. The summed E-state index contributed by atoms with van der Waals surface area (Å²) >= 11 is 0. The molecule has 4 nitrogen and oxygen atoms in total. The molecule has 2 aliphatic rings. The molecule has 25 heavy (non-hydrogen) atoms. The number of aliphatic hydroxyl groups is 2. The second kappa shape index (κ2) is 10.1. The van der Waals surface area contributed by atoms with Gasteiger partial charge in [0, 0.05) is 12.3 Å². The lowest BCUT2D eigenvalue weighted by atomic mass is 9.88. The summed E-state index contributed by atoms with van der Waals surface area (Å²) in [6.07, 6.45) is 15.1. The van der Waals surface area contributed by atoms with Crippen LogP contribution >= 0.6 is 0 Å². The van der Waals surface area contributed by atoms with Crippen molar-refractivity contribution in [2.45, 2.75) is 83.3 Å². The molecular formula is C21H35NO3. The van der Waals surface area contributed by atoms with Crippen LogP contribution in [0.3, 0.4) is 0 Å². The summed E-state index contributed by atoms with van der Waals surface area (Å²) in [4.78, 5) is 10.8. The Morgan fingerprint density at radius 2 is 2.16 bits per heavy atom. The fraction of sp³-hybridized carbons (Fsp3) is 0.762. The van der Waals surface area contributed by atoms with Crippen LogP contribution in [-0.4, -0.2) is 28.3 Å². The fourth-order valence-corrected chi connectivity index (χ4v) is 4.40. The van der Waals surface area contributed by atoms with E-state index in [1.54, 1.807) is 0 Å². The molecule has 1 fully saturated rings. The van der Waals surface area contributed by atoms with E-state index in [1.165, 1.54) is 5.57 Å². The van der Waals surface area contributed by atoms with Gasteiger partial charge in [-0.25, -0.2) is 0 Å². The summed E-state index contributed by atoms with van der Waals surface area (Å²) in [6, 6.07) is 0. The first-order valence-corrected chi connectivity index (χ1v) is 10.0. The molecule has 1 saturated carbocycles. The molecule has 0 aromatic heterocycles. The van der Waals surface area contributed by atoms with Crippen molar-refractivity contribution in [1.29, 1.82) is 0 Å². The van der Waals surface area contributed by atoms with Crippen molar-refractivity contribution >= 4 is 5.91 Å². The molecule has 142 valence electrons. The number of aliphatic hydroxyl groups excluding tert-OH is 2.